The van der Waals surface area contributed by atoms with Crippen LogP contribution >= 0.6 is 0 Å². The van der Waals surface area contributed by atoms with Crippen LogP contribution < -0.4 is 5.32 Å². The third-order valence-electron chi connectivity index (χ3n) is 7.32. The Hall–Kier alpha value is -2.67. The third kappa shape index (κ3) is 4.69. The Morgan fingerprint density at radius 1 is 1.27 bits per heavy atom. The normalized spacial score (nSPS) is 18.0. The molecule has 1 fully saturated rings. The van der Waals surface area contributed by atoms with Gasteiger partial charge >= 0.3 is 5.97 Å². The standard InChI is InChI=1S/C26H35N3O4/c1-5-29-22-20(14-26(16-27-23(22)30)9-11-33-12-10-26)21(28-29)15-25(3,4)13-19-17(2)7-6-8-18(19)24(31)32/h6-8H,5,9-16H2,1-4H3,(H,27,30)(H,31,32). The maximum Gasteiger partial charge on any atom is 0.335 e. The highest BCUT2D eigenvalue weighted by molar-refractivity contribution is 5.95. The summed E-state index contributed by atoms with van der Waals surface area (Å²) in [6, 6.07) is 5.44. The van der Waals surface area contributed by atoms with E-state index in [1.807, 2.05) is 24.6 Å². The molecule has 4 rings (SSSR count). The van der Waals surface area contributed by atoms with Crippen molar-refractivity contribution in [2.75, 3.05) is 19.8 Å². The molecular weight excluding hydrogens is 418 g/mol. The van der Waals surface area contributed by atoms with Gasteiger partial charge in [0.15, 0.2) is 0 Å². The van der Waals surface area contributed by atoms with Crippen LogP contribution in [0.3, 0.4) is 0 Å². The fraction of sp³-hybridized carbons (Fsp3) is 0.577. The summed E-state index contributed by atoms with van der Waals surface area (Å²) in [5, 5.41) is 17.8. The quantitative estimate of drug-likeness (QED) is 0.694. The van der Waals surface area contributed by atoms with E-state index >= 15 is 0 Å². The molecule has 2 aliphatic rings. The lowest BCUT2D eigenvalue weighted by Gasteiger charge is -2.36. The van der Waals surface area contributed by atoms with Gasteiger partial charge in [-0.3, -0.25) is 9.48 Å². The number of fused-ring (bicyclic) bond motifs is 1. The van der Waals surface area contributed by atoms with Crippen LogP contribution in [0.4, 0.5) is 0 Å². The second-order valence-electron chi connectivity index (χ2n) is 10.5. The Labute approximate surface area is 195 Å². The van der Waals surface area contributed by atoms with Crippen LogP contribution in [0.2, 0.25) is 0 Å². The summed E-state index contributed by atoms with van der Waals surface area (Å²) in [6.45, 7) is 11.0. The van der Waals surface area contributed by atoms with Gasteiger partial charge in [-0.05, 0) is 74.0 Å². The summed E-state index contributed by atoms with van der Waals surface area (Å²) < 4.78 is 7.45. The van der Waals surface area contributed by atoms with Crippen molar-refractivity contribution in [2.24, 2.45) is 10.8 Å². The topological polar surface area (TPSA) is 93.5 Å². The Balaban J connectivity index is 1.69. The molecule has 7 heteroatoms. The van der Waals surface area contributed by atoms with Crippen molar-refractivity contribution in [3.63, 3.8) is 0 Å². The molecule has 1 aromatic carbocycles. The number of rotatable bonds is 6. The van der Waals surface area contributed by atoms with Gasteiger partial charge in [-0.1, -0.05) is 26.0 Å². The van der Waals surface area contributed by atoms with Gasteiger partial charge in [0.25, 0.3) is 5.91 Å². The van der Waals surface area contributed by atoms with Crippen molar-refractivity contribution >= 4 is 11.9 Å². The molecule has 2 aromatic rings. The minimum atomic E-state index is -0.897. The molecule has 1 saturated heterocycles. The van der Waals surface area contributed by atoms with E-state index in [0.717, 1.165) is 54.9 Å². The zero-order valence-corrected chi connectivity index (χ0v) is 20.2. The van der Waals surface area contributed by atoms with E-state index in [9.17, 15) is 14.7 Å². The number of nitrogens with one attached hydrogen (secondary N) is 1. The fourth-order valence-corrected chi connectivity index (χ4v) is 5.44. The first kappa shape index (κ1) is 23.5. The average Bonchev–Trinajstić information content (AvgIpc) is 3.02. The third-order valence-corrected chi connectivity index (χ3v) is 7.32. The first-order chi connectivity index (χ1) is 15.6. The molecule has 33 heavy (non-hydrogen) atoms. The van der Waals surface area contributed by atoms with Crippen LogP contribution in [-0.2, 0) is 30.5 Å². The molecule has 0 unspecified atom stereocenters. The Morgan fingerprint density at radius 3 is 2.67 bits per heavy atom. The summed E-state index contributed by atoms with van der Waals surface area (Å²) in [4.78, 5) is 24.9. The molecule has 2 aliphatic heterocycles. The monoisotopic (exact) mass is 453 g/mol. The number of amides is 1. The second-order valence-corrected chi connectivity index (χ2v) is 10.5. The molecule has 178 valence electrons. The number of aromatic carboxylic acids is 1. The molecule has 1 aromatic heterocycles. The molecule has 0 atom stereocenters. The van der Waals surface area contributed by atoms with Crippen LogP contribution in [-0.4, -0.2) is 46.5 Å². The number of carbonyl (C=O) groups is 2. The number of carbonyl (C=O) groups excluding carboxylic acids is 1. The van der Waals surface area contributed by atoms with Crippen LogP contribution in [0.15, 0.2) is 18.2 Å². The number of hydrogen-bond donors (Lipinski definition) is 2. The molecule has 0 aliphatic carbocycles. The Bertz CT molecular complexity index is 1060. The first-order valence-corrected chi connectivity index (χ1v) is 11.9. The molecule has 3 heterocycles. The molecule has 1 amide bonds. The zero-order valence-electron chi connectivity index (χ0n) is 20.2. The van der Waals surface area contributed by atoms with Gasteiger partial charge < -0.3 is 15.2 Å². The number of aromatic nitrogens is 2. The Kier molecular flexibility index (Phi) is 6.36. The predicted molar refractivity (Wildman–Crippen MR) is 126 cm³/mol. The number of hydrogen-bond acceptors (Lipinski definition) is 4. The van der Waals surface area contributed by atoms with Crippen molar-refractivity contribution in [3.05, 3.63) is 51.8 Å². The summed E-state index contributed by atoms with van der Waals surface area (Å²) in [6.07, 6.45) is 3.98. The van der Waals surface area contributed by atoms with E-state index in [-0.39, 0.29) is 16.7 Å². The largest absolute Gasteiger partial charge is 0.478 e. The number of ether oxygens (including phenoxy) is 1. The SMILES string of the molecule is CCn1nc(CC(C)(C)Cc2c(C)cccc2C(=O)O)c2c1C(=O)NCC1(CCOCC1)C2. The summed E-state index contributed by atoms with van der Waals surface area (Å²) in [7, 11) is 0. The van der Waals surface area contributed by atoms with Crippen LogP contribution in [0.1, 0.15) is 76.8 Å². The second kappa shape index (κ2) is 8.93. The fourth-order valence-electron chi connectivity index (χ4n) is 5.44. The number of carboxylic acids is 1. The summed E-state index contributed by atoms with van der Waals surface area (Å²) in [5.74, 6) is -0.939. The van der Waals surface area contributed by atoms with E-state index in [2.05, 4.69) is 19.2 Å². The summed E-state index contributed by atoms with van der Waals surface area (Å²) >= 11 is 0. The van der Waals surface area contributed by atoms with Crippen LogP contribution in [0, 0.1) is 17.8 Å². The van der Waals surface area contributed by atoms with E-state index in [1.54, 1.807) is 12.1 Å². The minimum absolute atomic E-state index is 0.00610. The predicted octanol–water partition coefficient (Wildman–Crippen LogP) is 3.80. The highest BCUT2D eigenvalue weighted by Crippen LogP contribution is 2.39. The van der Waals surface area contributed by atoms with Crippen LogP contribution in [0.25, 0.3) is 0 Å². The smallest absolute Gasteiger partial charge is 0.335 e. The lowest BCUT2D eigenvalue weighted by atomic mass is 9.73. The van der Waals surface area contributed by atoms with Gasteiger partial charge in [0, 0.05) is 31.9 Å². The maximum absolute atomic E-state index is 13.1. The molecule has 0 saturated carbocycles. The first-order valence-electron chi connectivity index (χ1n) is 11.9. The van der Waals surface area contributed by atoms with Gasteiger partial charge in [0.2, 0.25) is 0 Å². The number of aryl methyl sites for hydroxylation is 2. The van der Waals surface area contributed by atoms with Crippen molar-refractivity contribution < 1.29 is 19.4 Å². The van der Waals surface area contributed by atoms with Gasteiger partial charge in [-0.2, -0.15) is 5.10 Å². The van der Waals surface area contributed by atoms with E-state index < -0.39 is 5.97 Å². The Morgan fingerprint density at radius 2 is 2.00 bits per heavy atom. The lowest BCUT2D eigenvalue weighted by Crippen LogP contribution is -2.40. The molecule has 1 spiro atoms. The van der Waals surface area contributed by atoms with Crippen molar-refractivity contribution in [2.45, 2.75) is 66.3 Å². The molecule has 2 N–H and O–H groups in total. The molecular formula is C26H35N3O4. The van der Waals surface area contributed by atoms with Crippen molar-refractivity contribution in [1.29, 1.82) is 0 Å². The summed E-state index contributed by atoms with van der Waals surface area (Å²) in [5.41, 5.74) is 4.70. The highest BCUT2D eigenvalue weighted by Gasteiger charge is 2.40. The van der Waals surface area contributed by atoms with Gasteiger partial charge in [0.1, 0.15) is 5.69 Å². The maximum atomic E-state index is 13.1. The minimum Gasteiger partial charge on any atom is -0.478 e. The average molecular weight is 454 g/mol. The van der Waals surface area contributed by atoms with Crippen molar-refractivity contribution in [3.8, 4) is 0 Å². The van der Waals surface area contributed by atoms with Gasteiger partial charge in [-0.25, -0.2) is 4.79 Å². The number of benzene rings is 1. The zero-order chi connectivity index (χ0) is 23.8. The highest BCUT2D eigenvalue weighted by atomic mass is 16.5. The number of nitrogens with zero attached hydrogens (tertiary/aromatic N) is 2. The van der Waals surface area contributed by atoms with E-state index in [4.69, 9.17) is 9.84 Å². The molecule has 0 bridgehead atoms. The molecule has 7 nitrogen and oxygen atoms in total. The van der Waals surface area contributed by atoms with E-state index in [1.165, 1.54) is 0 Å². The molecule has 0 radical (unpaired) electrons. The van der Waals surface area contributed by atoms with Gasteiger partial charge in [0.05, 0.1) is 11.3 Å². The number of carboxylic acid groups (broad SMARTS) is 1. The van der Waals surface area contributed by atoms with Gasteiger partial charge in [-0.15, -0.1) is 0 Å². The van der Waals surface area contributed by atoms with E-state index in [0.29, 0.717) is 37.2 Å². The van der Waals surface area contributed by atoms with Crippen molar-refractivity contribution in [1.82, 2.24) is 15.1 Å². The lowest BCUT2D eigenvalue weighted by molar-refractivity contribution is 0.0160. The van der Waals surface area contributed by atoms with Crippen LogP contribution in [0.5, 0.6) is 0 Å².